The van der Waals surface area contributed by atoms with Gasteiger partial charge in [0.05, 0.1) is 28.8 Å². The van der Waals surface area contributed by atoms with Crippen molar-refractivity contribution in [2.45, 2.75) is 31.5 Å². The first kappa shape index (κ1) is 19.5. The Morgan fingerprint density at radius 3 is 2.71 bits per heavy atom. The third kappa shape index (κ3) is 3.20. The molecule has 0 saturated carbocycles. The van der Waals surface area contributed by atoms with Gasteiger partial charge in [0.2, 0.25) is 0 Å². The quantitative estimate of drug-likeness (QED) is 0.490. The first-order chi connectivity index (χ1) is 14.6. The predicted molar refractivity (Wildman–Crippen MR) is 95.5 cm³/mol. The Hall–Kier alpha value is -3.51. The summed E-state index contributed by atoms with van der Waals surface area (Å²) in [6.45, 7) is 0.904. The van der Waals surface area contributed by atoms with E-state index >= 15 is 0 Å². The summed E-state index contributed by atoms with van der Waals surface area (Å²) < 4.78 is 73.8. The Kier molecular flexibility index (Phi) is 4.07. The van der Waals surface area contributed by atoms with Gasteiger partial charge in [0, 0.05) is 31.8 Å². The van der Waals surface area contributed by atoms with Gasteiger partial charge in [-0.2, -0.15) is 27.1 Å². The zero-order valence-electron chi connectivity index (χ0n) is 15.9. The number of imidazole rings is 1. The van der Waals surface area contributed by atoms with E-state index in [9.17, 15) is 22.0 Å². The van der Waals surface area contributed by atoms with Gasteiger partial charge in [-0.15, -0.1) is 5.10 Å². The molecule has 0 aromatic carbocycles. The topological polar surface area (TPSA) is 88.1 Å². The van der Waals surface area contributed by atoms with E-state index in [1.807, 2.05) is 0 Å². The number of alkyl halides is 5. The van der Waals surface area contributed by atoms with Gasteiger partial charge >= 0.3 is 18.1 Å². The zero-order chi connectivity index (χ0) is 22.0. The lowest BCUT2D eigenvalue weighted by molar-refractivity contribution is -0.136. The molecular weight excluding hydrogens is 425 g/mol. The molecular formula is C18H14F5N7O. The second-order valence-electron chi connectivity index (χ2n) is 7.21. The van der Waals surface area contributed by atoms with Crippen molar-refractivity contribution in [1.82, 2.24) is 29.8 Å². The molecule has 0 radical (unpaired) electrons. The SMILES string of the molecule is CC(F)(F)c1nnc(N2CCc3[nH]cnc3[C@@H]2c2cc3c(C(F)(F)F)cccn3n2)o1. The average Bonchev–Trinajstić information content (AvgIpc) is 3.42. The van der Waals surface area contributed by atoms with Crippen molar-refractivity contribution in [3.8, 4) is 0 Å². The zero-order valence-corrected chi connectivity index (χ0v) is 15.9. The molecule has 13 heteroatoms. The molecule has 8 nitrogen and oxygen atoms in total. The molecule has 1 aliphatic heterocycles. The van der Waals surface area contributed by atoms with E-state index in [2.05, 4.69) is 25.3 Å². The van der Waals surface area contributed by atoms with E-state index in [1.165, 1.54) is 29.6 Å². The van der Waals surface area contributed by atoms with Crippen molar-refractivity contribution in [1.29, 1.82) is 0 Å². The van der Waals surface area contributed by atoms with E-state index in [0.29, 0.717) is 19.0 Å². The highest BCUT2D eigenvalue weighted by molar-refractivity contribution is 5.58. The molecule has 0 amide bonds. The van der Waals surface area contributed by atoms with Crippen molar-refractivity contribution in [3.05, 3.63) is 59.3 Å². The molecule has 1 aliphatic rings. The third-order valence-corrected chi connectivity index (χ3v) is 5.07. The van der Waals surface area contributed by atoms with Crippen LogP contribution in [-0.4, -0.2) is 36.3 Å². The Labute approximate surface area is 170 Å². The first-order valence-electron chi connectivity index (χ1n) is 9.19. The van der Waals surface area contributed by atoms with E-state index < -0.39 is 29.6 Å². The highest BCUT2D eigenvalue weighted by atomic mass is 19.4. The number of nitrogens with one attached hydrogen (secondary N) is 1. The molecule has 5 heterocycles. The van der Waals surface area contributed by atoms with Crippen molar-refractivity contribution in [2.24, 2.45) is 0 Å². The van der Waals surface area contributed by atoms with Crippen molar-refractivity contribution >= 4 is 11.5 Å². The minimum absolute atomic E-state index is 0.140. The van der Waals surface area contributed by atoms with Crippen LogP contribution in [0.3, 0.4) is 0 Å². The second-order valence-corrected chi connectivity index (χ2v) is 7.21. The Balaban J connectivity index is 1.65. The molecule has 4 aromatic rings. The molecule has 1 atom stereocenters. The van der Waals surface area contributed by atoms with E-state index in [-0.39, 0.29) is 23.8 Å². The van der Waals surface area contributed by atoms with Gasteiger partial charge in [0.1, 0.15) is 6.04 Å². The molecule has 0 fully saturated rings. The largest absolute Gasteiger partial charge is 0.418 e. The minimum atomic E-state index is -4.57. The number of aromatic amines is 1. The number of hydrogen-bond acceptors (Lipinski definition) is 6. The highest BCUT2D eigenvalue weighted by Crippen LogP contribution is 2.39. The molecule has 0 unspecified atom stereocenters. The van der Waals surface area contributed by atoms with Crippen molar-refractivity contribution in [3.63, 3.8) is 0 Å². The lowest BCUT2D eigenvalue weighted by Crippen LogP contribution is -2.37. The maximum atomic E-state index is 13.6. The summed E-state index contributed by atoms with van der Waals surface area (Å²) in [7, 11) is 0. The molecule has 4 aromatic heterocycles. The number of anilines is 1. The fourth-order valence-corrected chi connectivity index (χ4v) is 3.70. The summed E-state index contributed by atoms with van der Waals surface area (Å²) in [5.41, 5.74) is 0.497. The average molecular weight is 439 g/mol. The van der Waals surface area contributed by atoms with Crippen LogP contribution >= 0.6 is 0 Å². The molecule has 1 N–H and O–H groups in total. The predicted octanol–water partition coefficient (Wildman–Crippen LogP) is 3.72. The van der Waals surface area contributed by atoms with E-state index in [4.69, 9.17) is 4.42 Å². The van der Waals surface area contributed by atoms with Crippen LogP contribution in [0.25, 0.3) is 5.52 Å². The van der Waals surface area contributed by atoms with Gasteiger partial charge in [0.15, 0.2) is 0 Å². The van der Waals surface area contributed by atoms with Crippen molar-refractivity contribution in [2.75, 3.05) is 11.4 Å². The summed E-state index contributed by atoms with van der Waals surface area (Å²) in [6, 6.07) is 2.51. The van der Waals surface area contributed by atoms with Crippen molar-refractivity contribution < 1.29 is 26.4 Å². The normalized spacial score (nSPS) is 17.4. The van der Waals surface area contributed by atoms with Crippen LogP contribution in [-0.2, 0) is 18.5 Å². The summed E-state index contributed by atoms with van der Waals surface area (Å²) in [5, 5.41) is 11.4. The molecule has 0 aliphatic carbocycles. The molecule has 0 bridgehead atoms. The standard InChI is InChI=1S/C18H14F5N7O/c1-17(19,20)15-26-27-16(31-15)29-6-4-10-13(25-8-24-10)14(29)11-7-12-9(18(21,22)23)3-2-5-30(12)28-11/h2-3,5,7-8,14H,4,6H2,1H3,(H,24,25)/t14-/m0/s1. The summed E-state index contributed by atoms with van der Waals surface area (Å²) >= 11 is 0. The maximum absolute atomic E-state index is 13.6. The lowest BCUT2D eigenvalue weighted by atomic mass is 10.00. The third-order valence-electron chi connectivity index (χ3n) is 5.07. The number of pyridine rings is 1. The molecule has 31 heavy (non-hydrogen) atoms. The summed E-state index contributed by atoms with van der Waals surface area (Å²) in [6.07, 6.45) is -1.25. The molecule has 5 rings (SSSR count). The summed E-state index contributed by atoms with van der Waals surface area (Å²) in [5.74, 6) is -4.19. The van der Waals surface area contributed by atoms with Crippen LogP contribution in [0.2, 0.25) is 0 Å². The van der Waals surface area contributed by atoms with Crippen LogP contribution in [0.4, 0.5) is 28.0 Å². The lowest BCUT2D eigenvalue weighted by Gasteiger charge is -2.32. The van der Waals surface area contributed by atoms with Gasteiger partial charge in [-0.25, -0.2) is 9.50 Å². The minimum Gasteiger partial charge on any atom is -0.401 e. The van der Waals surface area contributed by atoms with E-state index in [0.717, 1.165) is 16.3 Å². The number of H-pyrrole nitrogens is 1. The number of fused-ring (bicyclic) bond motifs is 2. The molecule has 162 valence electrons. The number of rotatable bonds is 3. The van der Waals surface area contributed by atoms with Crippen LogP contribution in [0.15, 0.2) is 35.1 Å². The maximum Gasteiger partial charge on any atom is 0.418 e. The number of hydrogen-bond donors (Lipinski definition) is 1. The van der Waals surface area contributed by atoms with Gasteiger partial charge in [-0.05, 0) is 18.2 Å². The Bertz CT molecular complexity index is 1250. The molecule has 0 saturated heterocycles. The fourth-order valence-electron chi connectivity index (χ4n) is 3.70. The molecule has 0 spiro atoms. The number of halogens is 5. The Morgan fingerprint density at radius 2 is 2.00 bits per heavy atom. The smallest absolute Gasteiger partial charge is 0.401 e. The van der Waals surface area contributed by atoms with Gasteiger partial charge < -0.3 is 14.3 Å². The first-order valence-corrected chi connectivity index (χ1v) is 9.19. The van der Waals surface area contributed by atoms with Crippen LogP contribution in [0.1, 0.15) is 41.5 Å². The van der Waals surface area contributed by atoms with Gasteiger partial charge in [-0.1, -0.05) is 5.10 Å². The van der Waals surface area contributed by atoms with Crippen LogP contribution in [0.5, 0.6) is 0 Å². The Morgan fingerprint density at radius 1 is 1.19 bits per heavy atom. The van der Waals surface area contributed by atoms with E-state index in [1.54, 1.807) is 0 Å². The number of nitrogens with zero attached hydrogens (tertiary/aromatic N) is 6. The van der Waals surface area contributed by atoms with Crippen LogP contribution in [0, 0.1) is 0 Å². The second kappa shape index (κ2) is 6.49. The van der Waals surface area contributed by atoms with Gasteiger partial charge in [-0.3, -0.25) is 0 Å². The highest BCUT2D eigenvalue weighted by Gasteiger charge is 2.39. The monoisotopic (exact) mass is 439 g/mol. The van der Waals surface area contributed by atoms with Gasteiger partial charge in [0.25, 0.3) is 5.89 Å². The fraction of sp³-hybridized carbons (Fsp3) is 0.333. The summed E-state index contributed by atoms with van der Waals surface area (Å²) in [4.78, 5) is 8.78. The number of aromatic nitrogens is 6. The van der Waals surface area contributed by atoms with Crippen LogP contribution < -0.4 is 4.90 Å².